The SMILES string of the molecule is Cc1ccc(N2CCN(c3ncn(Cc4ccc(C(F)(F)F)o4)c(=O)n3)CC2)cc1F. The Labute approximate surface area is 174 Å². The summed E-state index contributed by atoms with van der Waals surface area (Å²) in [5.41, 5.74) is 0.731. The second kappa shape index (κ2) is 8.05. The van der Waals surface area contributed by atoms with Crippen molar-refractivity contribution in [1.82, 2.24) is 14.5 Å². The molecule has 0 bridgehead atoms. The predicted molar refractivity (Wildman–Crippen MR) is 105 cm³/mol. The van der Waals surface area contributed by atoms with E-state index in [-0.39, 0.29) is 24.1 Å². The molecule has 1 aliphatic heterocycles. The lowest BCUT2D eigenvalue weighted by Gasteiger charge is -2.36. The van der Waals surface area contributed by atoms with Crippen LogP contribution in [-0.2, 0) is 12.7 Å². The molecule has 11 heteroatoms. The molecule has 0 saturated carbocycles. The van der Waals surface area contributed by atoms with Crippen LogP contribution in [0.5, 0.6) is 0 Å². The third kappa shape index (κ3) is 4.54. The molecule has 0 aliphatic carbocycles. The summed E-state index contributed by atoms with van der Waals surface area (Å²) >= 11 is 0. The van der Waals surface area contributed by atoms with Crippen molar-refractivity contribution in [3.8, 4) is 0 Å². The van der Waals surface area contributed by atoms with Crippen LogP contribution in [0, 0.1) is 12.7 Å². The molecule has 1 aromatic carbocycles. The number of hydrogen-bond donors (Lipinski definition) is 0. The van der Waals surface area contributed by atoms with E-state index >= 15 is 0 Å². The van der Waals surface area contributed by atoms with Crippen LogP contribution in [0.2, 0.25) is 0 Å². The zero-order valence-corrected chi connectivity index (χ0v) is 16.6. The summed E-state index contributed by atoms with van der Waals surface area (Å²) < 4.78 is 57.5. The van der Waals surface area contributed by atoms with Gasteiger partial charge in [0.15, 0.2) is 0 Å². The van der Waals surface area contributed by atoms with Crippen LogP contribution < -0.4 is 15.5 Å². The third-order valence-corrected chi connectivity index (χ3v) is 5.10. The summed E-state index contributed by atoms with van der Waals surface area (Å²) in [4.78, 5) is 24.3. The molecule has 1 saturated heterocycles. The number of furan rings is 1. The van der Waals surface area contributed by atoms with Crippen molar-refractivity contribution < 1.29 is 22.0 Å². The van der Waals surface area contributed by atoms with E-state index in [0.29, 0.717) is 31.7 Å². The van der Waals surface area contributed by atoms with Gasteiger partial charge in [-0.2, -0.15) is 18.2 Å². The van der Waals surface area contributed by atoms with E-state index in [2.05, 4.69) is 9.97 Å². The van der Waals surface area contributed by atoms with Crippen LogP contribution >= 0.6 is 0 Å². The van der Waals surface area contributed by atoms with Gasteiger partial charge in [0, 0.05) is 31.9 Å². The molecule has 31 heavy (non-hydrogen) atoms. The van der Waals surface area contributed by atoms with Gasteiger partial charge in [0.2, 0.25) is 11.7 Å². The highest BCUT2D eigenvalue weighted by Crippen LogP contribution is 2.30. The van der Waals surface area contributed by atoms with Crippen LogP contribution in [0.3, 0.4) is 0 Å². The molecule has 0 radical (unpaired) electrons. The summed E-state index contributed by atoms with van der Waals surface area (Å²) in [5.74, 6) is -1.17. The van der Waals surface area contributed by atoms with Crippen molar-refractivity contribution in [3.05, 3.63) is 70.0 Å². The zero-order valence-electron chi connectivity index (χ0n) is 16.6. The molecule has 0 unspecified atom stereocenters. The molecule has 0 atom stereocenters. The highest BCUT2D eigenvalue weighted by Gasteiger charge is 2.34. The Hall–Kier alpha value is -3.37. The number of anilines is 2. The minimum Gasteiger partial charge on any atom is -0.455 e. The lowest BCUT2D eigenvalue weighted by Crippen LogP contribution is -2.47. The largest absolute Gasteiger partial charge is 0.455 e. The first-order chi connectivity index (χ1) is 14.7. The standard InChI is InChI=1S/C20H19F4N5O2/c1-13-2-3-14(10-16(13)21)27-6-8-28(9-7-27)18-25-12-29(19(30)26-18)11-15-4-5-17(31-15)20(22,23)24/h2-5,10,12H,6-9,11H2,1H3. The normalized spacial score (nSPS) is 14.9. The Morgan fingerprint density at radius 3 is 2.39 bits per heavy atom. The van der Waals surface area contributed by atoms with Gasteiger partial charge in [-0.1, -0.05) is 6.07 Å². The molecular weight excluding hydrogens is 418 g/mol. The molecule has 7 nitrogen and oxygen atoms in total. The van der Waals surface area contributed by atoms with Crippen LogP contribution in [0.1, 0.15) is 17.1 Å². The van der Waals surface area contributed by atoms with Crippen molar-refractivity contribution in [2.75, 3.05) is 36.0 Å². The van der Waals surface area contributed by atoms with Gasteiger partial charge >= 0.3 is 11.9 Å². The Balaban J connectivity index is 1.41. The van der Waals surface area contributed by atoms with Crippen molar-refractivity contribution in [2.24, 2.45) is 0 Å². The zero-order chi connectivity index (χ0) is 22.2. The number of halogens is 4. The van der Waals surface area contributed by atoms with Crippen LogP contribution in [-0.4, -0.2) is 40.7 Å². The van der Waals surface area contributed by atoms with Gasteiger partial charge in [-0.25, -0.2) is 14.2 Å². The molecule has 164 valence electrons. The van der Waals surface area contributed by atoms with E-state index in [0.717, 1.165) is 22.4 Å². The Morgan fingerprint density at radius 2 is 1.77 bits per heavy atom. The number of aryl methyl sites for hydroxylation is 1. The molecule has 2 aromatic heterocycles. The second-order valence-electron chi connectivity index (χ2n) is 7.24. The molecular formula is C20H19F4N5O2. The van der Waals surface area contributed by atoms with Gasteiger partial charge in [-0.05, 0) is 36.8 Å². The van der Waals surface area contributed by atoms with Crippen molar-refractivity contribution in [3.63, 3.8) is 0 Å². The molecule has 0 N–H and O–H groups in total. The van der Waals surface area contributed by atoms with Crippen LogP contribution in [0.4, 0.5) is 29.2 Å². The fourth-order valence-electron chi connectivity index (χ4n) is 3.34. The van der Waals surface area contributed by atoms with Gasteiger partial charge in [0.05, 0.1) is 6.54 Å². The number of hydrogen-bond acceptors (Lipinski definition) is 6. The Kier molecular flexibility index (Phi) is 5.42. The number of nitrogens with zero attached hydrogens (tertiary/aromatic N) is 5. The Morgan fingerprint density at radius 1 is 1.06 bits per heavy atom. The number of rotatable bonds is 4. The topological polar surface area (TPSA) is 67.4 Å². The van der Waals surface area contributed by atoms with Crippen LogP contribution in [0.25, 0.3) is 0 Å². The van der Waals surface area contributed by atoms with Crippen LogP contribution in [0.15, 0.2) is 45.9 Å². The Bertz CT molecular complexity index is 1130. The number of aromatic nitrogens is 3. The molecule has 0 amide bonds. The third-order valence-electron chi connectivity index (χ3n) is 5.10. The smallest absolute Gasteiger partial charge is 0.449 e. The van der Waals surface area contributed by atoms with E-state index in [1.807, 2.05) is 15.9 Å². The monoisotopic (exact) mass is 437 g/mol. The van der Waals surface area contributed by atoms with Gasteiger partial charge < -0.3 is 14.2 Å². The summed E-state index contributed by atoms with van der Waals surface area (Å²) in [7, 11) is 0. The van der Waals surface area contributed by atoms with E-state index in [9.17, 15) is 22.4 Å². The first-order valence-corrected chi connectivity index (χ1v) is 9.56. The van der Waals surface area contributed by atoms with Crippen molar-refractivity contribution in [1.29, 1.82) is 0 Å². The minimum atomic E-state index is -4.59. The minimum absolute atomic E-state index is 0.0234. The van der Waals surface area contributed by atoms with E-state index in [1.165, 1.54) is 12.4 Å². The molecule has 1 fully saturated rings. The predicted octanol–water partition coefficient (Wildman–Crippen LogP) is 3.07. The molecule has 3 heterocycles. The lowest BCUT2D eigenvalue weighted by molar-refractivity contribution is -0.153. The number of benzene rings is 1. The molecule has 1 aliphatic rings. The fourth-order valence-corrected chi connectivity index (χ4v) is 3.34. The maximum atomic E-state index is 13.8. The summed E-state index contributed by atoms with van der Waals surface area (Å²) in [6.07, 6.45) is -3.35. The van der Waals surface area contributed by atoms with Gasteiger partial charge in [-0.3, -0.25) is 4.57 Å². The maximum absolute atomic E-state index is 13.8. The number of alkyl halides is 3. The highest BCUT2D eigenvalue weighted by atomic mass is 19.4. The summed E-state index contributed by atoms with van der Waals surface area (Å²) in [6, 6.07) is 7.08. The van der Waals surface area contributed by atoms with E-state index in [1.54, 1.807) is 13.0 Å². The average Bonchev–Trinajstić information content (AvgIpc) is 3.21. The van der Waals surface area contributed by atoms with Gasteiger partial charge in [0.25, 0.3) is 0 Å². The highest BCUT2D eigenvalue weighted by molar-refractivity contribution is 5.49. The molecule has 3 aromatic rings. The maximum Gasteiger partial charge on any atom is 0.449 e. The van der Waals surface area contributed by atoms with Gasteiger partial charge in [0.1, 0.15) is 17.9 Å². The second-order valence-corrected chi connectivity index (χ2v) is 7.24. The molecule has 4 rings (SSSR count). The van der Waals surface area contributed by atoms with Crippen molar-refractivity contribution >= 4 is 11.6 Å². The lowest BCUT2D eigenvalue weighted by atomic mass is 10.2. The molecule has 0 spiro atoms. The average molecular weight is 437 g/mol. The van der Waals surface area contributed by atoms with Crippen molar-refractivity contribution in [2.45, 2.75) is 19.6 Å². The quantitative estimate of drug-likeness (QED) is 0.585. The number of piperazine rings is 1. The van der Waals surface area contributed by atoms with Gasteiger partial charge in [-0.15, -0.1) is 0 Å². The first-order valence-electron chi connectivity index (χ1n) is 9.56. The summed E-state index contributed by atoms with van der Waals surface area (Å²) in [6.45, 7) is 3.76. The van der Waals surface area contributed by atoms with E-state index in [4.69, 9.17) is 4.42 Å². The fraction of sp³-hybridized carbons (Fsp3) is 0.350. The van der Waals surface area contributed by atoms with E-state index < -0.39 is 17.6 Å². The summed E-state index contributed by atoms with van der Waals surface area (Å²) in [5, 5.41) is 0. The first kappa shape index (κ1) is 20.9.